The molecule has 0 saturated carbocycles. The molecule has 0 bridgehead atoms. The zero-order valence-electron chi connectivity index (χ0n) is 9.82. The van der Waals surface area contributed by atoms with Crippen LogP contribution >= 0.6 is 0 Å². The summed E-state index contributed by atoms with van der Waals surface area (Å²) in [5.74, 6) is 1.37. The normalized spacial score (nSPS) is 12.4. The maximum absolute atomic E-state index is 11.5. The minimum Gasteiger partial charge on any atom is -0.466 e. The van der Waals surface area contributed by atoms with E-state index in [2.05, 4.69) is 5.32 Å². The molecule has 1 atom stereocenters. The first-order valence-electron chi connectivity index (χ1n) is 5.61. The van der Waals surface area contributed by atoms with Gasteiger partial charge in [-0.15, -0.1) is 0 Å². The molecular weight excluding hydrogens is 206 g/mol. The summed E-state index contributed by atoms with van der Waals surface area (Å²) >= 11 is 0. The van der Waals surface area contributed by atoms with Crippen molar-refractivity contribution in [2.45, 2.75) is 26.7 Å². The monoisotopic (exact) mass is 225 g/mol. The molecule has 0 aromatic carbocycles. The molecular formula is C12H19NO3. The Balaban J connectivity index is 2.27. The van der Waals surface area contributed by atoms with Crippen molar-refractivity contribution in [3.8, 4) is 0 Å². The van der Waals surface area contributed by atoms with E-state index in [1.807, 2.05) is 26.0 Å². The number of amides is 1. The first kappa shape index (κ1) is 12.8. The molecule has 1 rings (SSSR count). The van der Waals surface area contributed by atoms with Gasteiger partial charge in [0.05, 0.1) is 12.5 Å². The second-order valence-electron chi connectivity index (χ2n) is 3.84. The Labute approximate surface area is 95.7 Å². The maximum Gasteiger partial charge on any atom is 0.225 e. The third-order valence-corrected chi connectivity index (χ3v) is 2.55. The number of aliphatic hydroxyl groups excluding tert-OH is 1. The van der Waals surface area contributed by atoms with Crippen LogP contribution in [0.4, 0.5) is 0 Å². The van der Waals surface area contributed by atoms with E-state index in [0.717, 1.165) is 11.5 Å². The Morgan fingerprint density at radius 2 is 2.31 bits per heavy atom. The van der Waals surface area contributed by atoms with Gasteiger partial charge in [-0.3, -0.25) is 4.79 Å². The molecule has 0 radical (unpaired) electrons. The first-order chi connectivity index (χ1) is 7.67. The zero-order valence-corrected chi connectivity index (χ0v) is 9.82. The molecule has 2 N–H and O–H groups in total. The number of furan rings is 1. The van der Waals surface area contributed by atoms with Gasteiger partial charge >= 0.3 is 0 Å². The lowest BCUT2D eigenvalue weighted by Gasteiger charge is -2.11. The highest BCUT2D eigenvalue weighted by molar-refractivity contribution is 5.78. The van der Waals surface area contributed by atoms with Gasteiger partial charge in [0.1, 0.15) is 11.5 Å². The highest BCUT2D eigenvalue weighted by Crippen LogP contribution is 2.06. The van der Waals surface area contributed by atoms with Crippen LogP contribution in [0.3, 0.4) is 0 Å². The van der Waals surface area contributed by atoms with Crippen molar-refractivity contribution in [2.24, 2.45) is 5.92 Å². The van der Waals surface area contributed by atoms with E-state index < -0.39 is 0 Å². The molecule has 0 aliphatic carbocycles. The topological polar surface area (TPSA) is 62.5 Å². The predicted molar refractivity (Wildman–Crippen MR) is 61.0 cm³/mol. The Morgan fingerprint density at radius 1 is 1.56 bits per heavy atom. The summed E-state index contributed by atoms with van der Waals surface area (Å²) < 4.78 is 5.38. The van der Waals surface area contributed by atoms with Gasteiger partial charge in [-0.2, -0.15) is 0 Å². The van der Waals surface area contributed by atoms with Crippen molar-refractivity contribution in [1.29, 1.82) is 0 Å². The number of aryl methyl sites for hydroxylation is 1. The molecule has 1 aromatic heterocycles. The van der Waals surface area contributed by atoms with Crippen LogP contribution in [-0.2, 0) is 11.2 Å². The molecule has 0 aliphatic rings. The molecule has 4 heteroatoms. The minimum absolute atomic E-state index is 0.0896. The second-order valence-corrected chi connectivity index (χ2v) is 3.84. The Kier molecular flexibility index (Phi) is 5.05. The van der Waals surface area contributed by atoms with Crippen molar-refractivity contribution in [2.75, 3.05) is 13.2 Å². The molecule has 0 fully saturated rings. The summed E-state index contributed by atoms with van der Waals surface area (Å²) in [6.45, 7) is 4.22. The molecule has 0 spiro atoms. The van der Waals surface area contributed by atoms with Gasteiger partial charge in [-0.25, -0.2) is 0 Å². The van der Waals surface area contributed by atoms with Crippen LogP contribution in [0.2, 0.25) is 0 Å². The van der Waals surface area contributed by atoms with E-state index in [9.17, 15) is 4.79 Å². The summed E-state index contributed by atoms with van der Waals surface area (Å²) in [6.07, 6.45) is 1.34. The van der Waals surface area contributed by atoms with Crippen molar-refractivity contribution < 1.29 is 14.3 Å². The summed E-state index contributed by atoms with van der Waals surface area (Å²) in [7, 11) is 0. The van der Waals surface area contributed by atoms with Crippen molar-refractivity contribution in [3.63, 3.8) is 0 Å². The van der Waals surface area contributed by atoms with Crippen LogP contribution in [0, 0.1) is 12.8 Å². The number of carbonyl (C=O) groups is 1. The number of hydrogen-bond acceptors (Lipinski definition) is 3. The van der Waals surface area contributed by atoms with E-state index in [0.29, 0.717) is 19.4 Å². The number of aliphatic hydroxyl groups is 1. The Morgan fingerprint density at radius 3 is 2.81 bits per heavy atom. The van der Waals surface area contributed by atoms with Gasteiger partial charge in [0.15, 0.2) is 0 Å². The summed E-state index contributed by atoms with van der Waals surface area (Å²) in [5, 5.41) is 11.7. The SMILES string of the molecule is CCC(CO)C(=O)NCCc1ccc(C)o1. The van der Waals surface area contributed by atoms with E-state index in [4.69, 9.17) is 9.52 Å². The molecule has 1 aromatic rings. The van der Waals surface area contributed by atoms with Crippen LogP contribution in [0.1, 0.15) is 24.9 Å². The first-order valence-corrected chi connectivity index (χ1v) is 5.61. The van der Waals surface area contributed by atoms with Gasteiger partial charge in [-0.05, 0) is 25.5 Å². The summed E-state index contributed by atoms with van der Waals surface area (Å²) in [4.78, 5) is 11.5. The van der Waals surface area contributed by atoms with Crippen LogP contribution in [0.25, 0.3) is 0 Å². The van der Waals surface area contributed by atoms with Gasteiger partial charge in [0.25, 0.3) is 0 Å². The lowest BCUT2D eigenvalue weighted by molar-refractivity contribution is -0.126. The number of rotatable bonds is 6. The average molecular weight is 225 g/mol. The van der Waals surface area contributed by atoms with Crippen LogP contribution < -0.4 is 5.32 Å². The van der Waals surface area contributed by atoms with Crippen molar-refractivity contribution in [1.82, 2.24) is 5.32 Å². The quantitative estimate of drug-likeness (QED) is 0.766. The fraction of sp³-hybridized carbons (Fsp3) is 0.583. The zero-order chi connectivity index (χ0) is 12.0. The van der Waals surface area contributed by atoms with Crippen LogP contribution in [0.15, 0.2) is 16.5 Å². The molecule has 4 nitrogen and oxygen atoms in total. The van der Waals surface area contributed by atoms with Crippen molar-refractivity contribution >= 4 is 5.91 Å². The van der Waals surface area contributed by atoms with E-state index in [1.165, 1.54) is 0 Å². The van der Waals surface area contributed by atoms with E-state index in [-0.39, 0.29) is 18.4 Å². The fourth-order valence-electron chi connectivity index (χ4n) is 1.47. The standard InChI is InChI=1S/C12H19NO3/c1-3-10(8-14)12(15)13-7-6-11-5-4-9(2)16-11/h4-5,10,14H,3,6-8H2,1-2H3,(H,13,15). The number of hydrogen-bond donors (Lipinski definition) is 2. The molecule has 0 aliphatic heterocycles. The molecule has 1 unspecified atom stereocenters. The van der Waals surface area contributed by atoms with Crippen molar-refractivity contribution in [3.05, 3.63) is 23.7 Å². The molecule has 1 amide bonds. The fourth-order valence-corrected chi connectivity index (χ4v) is 1.47. The summed E-state index contributed by atoms with van der Waals surface area (Å²) in [5.41, 5.74) is 0. The lowest BCUT2D eigenvalue weighted by Crippen LogP contribution is -2.33. The van der Waals surface area contributed by atoms with Crippen LogP contribution in [0.5, 0.6) is 0 Å². The predicted octanol–water partition coefficient (Wildman–Crippen LogP) is 1.27. The minimum atomic E-state index is -0.293. The van der Waals surface area contributed by atoms with Crippen LogP contribution in [-0.4, -0.2) is 24.2 Å². The highest BCUT2D eigenvalue weighted by Gasteiger charge is 2.14. The molecule has 1 heterocycles. The largest absolute Gasteiger partial charge is 0.466 e. The van der Waals surface area contributed by atoms with E-state index >= 15 is 0 Å². The Hall–Kier alpha value is -1.29. The smallest absolute Gasteiger partial charge is 0.225 e. The number of carbonyl (C=O) groups excluding carboxylic acids is 1. The van der Waals surface area contributed by atoms with E-state index in [1.54, 1.807) is 0 Å². The molecule has 90 valence electrons. The third kappa shape index (κ3) is 3.70. The molecule has 16 heavy (non-hydrogen) atoms. The number of nitrogens with one attached hydrogen (secondary N) is 1. The Bertz CT molecular complexity index is 329. The van der Waals surface area contributed by atoms with Gasteiger partial charge < -0.3 is 14.8 Å². The lowest BCUT2D eigenvalue weighted by atomic mass is 10.1. The second kappa shape index (κ2) is 6.33. The van der Waals surface area contributed by atoms with Gasteiger partial charge in [0.2, 0.25) is 5.91 Å². The van der Waals surface area contributed by atoms with Gasteiger partial charge in [-0.1, -0.05) is 6.92 Å². The molecule has 0 saturated heterocycles. The third-order valence-electron chi connectivity index (χ3n) is 2.55. The average Bonchev–Trinajstić information content (AvgIpc) is 2.66. The van der Waals surface area contributed by atoms with Gasteiger partial charge in [0, 0.05) is 13.0 Å². The summed E-state index contributed by atoms with van der Waals surface area (Å²) in [6, 6.07) is 3.81. The maximum atomic E-state index is 11.5. The highest BCUT2D eigenvalue weighted by atomic mass is 16.3.